The number of aryl methyl sites for hydroxylation is 1. The van der Waals surface area contributed by atoms with Crippen molar-refractivity contribution < 1.29 is 9.18 Å². The summed E-state index contributed by atoms with van der Waals surface area (Å²) < 4.78 is 16.0. The lowest BCUT2D eigenvalue weighted by atomic mass is 10.0. The number of pyridine rings is 1. The van der Waals surface area contributed by atoms with Crippen molar-refractivity contribution in [1.29, 1.82) is 0 Å². The highest BCUT2D eigenvalue weighted by Crippen LogP contribution is 2.29. The van der Waals surface area contributed by atoms with Gasteiger partial charge in [0.25, 0.3) is 5.91 Å². The number of rotatable bonds is 1. The molecule has 0 saturated heterocycles. The van der Waals surface area contributed by atoms with Gasteiger partial charge in [-0.1, -0.05) is 0 Å². The molecule has 0 radical (unpaired) electrons. The summed E-state index contributed by atoms with van der Waals surface area (Å²) in [6.45, 7) is 0.639. The average molecular weight is 374 g/mol. The lowest BCUT2D eigenvalue weighted by molar-refractivity contribution is 0.0984. The number of benzene rings is 1. The maximum absolute atomic E-state index is 13.4. The standard InChI is InChI=1S/C17H13BrFN3O/c18-15-9-20-16-6-3-12(10-22(15)16)17(23)21-7-1-2-11-8-13(19)4-5-14(11)21/h3-6,8-10H,1-2,7H2. The summed E-state index contributed by atoms with van der Waals surface area (Å²) in [6.07, 6.45) is 5.09. The van der Waals surface area contributed by atoms with Gasteiger partial charge in [0.2, 0.25) is 0 Å². The van der Waals surface area contributed by atoms with Gasteiger partial charge in [-0.3, -0.25) is 9.20 Å². The van der Waals surface area contributed by atoms with Gasteiger partial charge in [0.15, 0.2) is 0 Å². The molecule has 0 unspecified atom stereocenters. The molecule has 0 bridgehead atoms. The van der Waals surface area contributed by atoms with Gasteiger partial charge in [-0.15, -0.1) is 0 Å². The summed E-state index contributed by atoms with van der Waals surface area (Å²) in [4.78, 5) is 18.9. The summed E-state index contributed by atoms with van der Waals surface area (Å²) in [5, 5.41) is 0. The molecule has 23 heavy (non-hydrogen) atoms. The van der Waals surface area contributed by atoms with Crippen molar-refractivity contribution in [3.8, 4) is 0 Å². The summed E-state index contributed by atoms with van der Waals surface area (Å²) in [5.74, 6) is -0.345. The number of carbonyl (C=O) groups is 1. The Labute approximate surface area is 140 Å². The average Bonchev–Trinajstić information content (AvgIpc) is 2.94. The van der Waals surface area contributed by atoms with E-state index in [1.54, 1.807) is 29.4 Å². The number of hydrogen-bond acceptors (Lipinski definition) is 2. The molecule has 0 spiro atoms. The zero-order chi connectivity index (χ0) is 16.0. The van der Waals surface area contributed by atoms with Crippen LogP contribution in [-0.2, 0) is 6.42 Å². The van der Waals surface area contributed by atoms with Crippen molar-refractivity contribution in [2.24, 2.45) is 0 Å². The molecule has 2 aromatic heterocycles. The van der Waals surface area contributed by atoms with Crippen LogP contribution >= 0.6 is 15.9 Å². The second-order valence-electron chi connectivity index (χ2n) is 5.56. The van der Waals surface area contributed by atoms with Gasteiger partial charge < -0.3 is 4.90 Å². The van der Waals surface area contributed by atoms with Gasteiger partial charge in [0.1, 0.15) is 16.1 Å². The Morgan fingerprint density at radius 1 is 1.26 bits per heavy atom. The first-order valence-electron chi connectivity index (χ1n) is 7.36. The fourth-order valence-corrected chi connectivity index (χ4v) is 3.40. The molecular formula is C17H13BrFN3O. The van der Waals surface area contributed by atoms with E-state index in [1.165, 1.54) is 12.1 Å². The third kappa shape index (κ3) is 2.43. The van der Waals surface area contributed by atoms with Gasteiger partial charge in [0, 0.05) is 18.4 Å². The zero-order valence-corrected chi connectivity index (χ0v) is 13.8. The first-order valence-corrected chi connectivity index (χ1v) is 8.16. The highest BCUT2D eigenvalue weighted by molar-refractivity contribution is 9.10. The molecule has 6 heteroatoms. The van der Waals surface area contributed by atoms with E-state index in [4.69, 9.17) is 0 Å². The topological polar surface area (TPSA) is 37.6 Å². The van der Waals surface area contributed by atoms with Crippen molar-refractivity contribution in [2.45, 2.75) is 12.8 Å². The Kier molecular flexibility index (Phi) is 3.41. The van der Waals surface area contributed by atoms with E-state index in [1.807, 2.05) is 10.5 Å². The Bertz CT molecular complexity index is 921. The highest BCUT2D eigenvalue weighted by atomic mass is 79.9. The van der Waals surface area contributed by atoms with Gasteiger partial charge in [-0.25, -0.2) is 9.37 Å². The molecule has 0 atom stereocenters. The van der Waals surface area contributed by atoms with Crippen LogP contribution in [0, 0.1) is 5.82 Å². The number of anilines is 1. The van der Waals surface area contributed by atoms with Crippen molar-refractivity contribution in [3.05, 3.63) is 64.3 Å². The third-order valence-electron chi connectivity index (χ3n) is 4.11. The van der Waals surface area contributed by atoms with Gasteiger partial charge in [-0.05, 0) is 64.7 Å². The fourth-order valence-electron chi connectivity index (χ4n) is 3.01. The van der Waals surface area contributed by atoms with Crippen LogP contribution in [0.2, 0.25) is 0 Å². The number of carbonyl (C=O) groups excluding carboxylic acids is 1. The molecule has 0 saturated carbocycles. The molecule has 0 aliphatic carbocycles. The molecule has 3 heterocycles. The predicted octanol–water partition coefficient (Wildman–Crippen LogP) is 3.83. The Balaban J connectivity index is 1.75. The Morgan fingerprint density at radius 3 is 3.00 bits per heavy atom. The van der Waals surface area contributed by atoms with Gasteiger partial charge >= 0.3 is 0 Å². The molecule has 4 rings (SSSR count). The van der Waals surface area contributed by atoms with Crippen molar-refractivity contribution >= 4 is 33.2 Å². The molecule has 1 aliphatic heterocycles. The van der Waals surface area contributed by atoms with Gasteiger partial charge in [-0.2, -0.15) is 0 Å². The highest BCUT2D eigenvalue weighted by Gasteiger charge is 2.24. The normalized spacial score (nSPS) is 14.1. The van der Waals surface area contributed by atoms with Crippen LogP contribution in [0.4, 0.5) is 10.1 Å². The van der Waals surface area contributed by atoms with Crippen molar-refractivity contribution in [1.82, 2.24) is 9.38 Å². The quantitative estimate of drug-likeness (QED) is 0.649. The van der Waals surface area contributed by atoms with E-state index in [0.29, 0.717) is 12.1 Å². The molecule has 0 fully saturated rings. The van der Waals surface area contributed by atoms with Crippen LogP contribution in [0.5, 0.6) is 0 Å². The van der Waals surface area contributed by atoms with Crippen molar-refractivity contribution in [3.63, 3.8) is 0 Å². The molecule has 1 aliphatic rings. The number of fused-ring (bicyclic) bond motifs is 2. The number of nitrogens with zero attached hydrogens (tertiary/aromatic N) is 3. The van der Waals surface area contributed by atoms with Crippen molar-refractivity contribution in [2.75, 3.05) is 11.4 Å². The lowest BCUT2D eigenvalue weighted by Crippen LogP contribution is -2.35. The summed E-state index contributed by atoms with van der Waals surface area (Å²) >= 11 is 3.41. The van der Waals surface area contributed by atoms with E-state index in [0.717, 1.165) is 34.3 Å². The van der Waals surface area contributed by atoms with Crippen LogP contribution in [-0.4, -0.2) is 21.8 Å². The SMILES string of the molecule is O=C(c1ccc2ncc(Br)n2c1)N1CCCc2cc(F)ccc21. The summed E-state index contributed by atoms with van der Waals surface area (Å²) in [7, 11) is 0. The second kappa shape index (κ2) is 5.45. The number of halogens is 2. The van der Waals surface area contributed by atoms with Crippen LogP contribution in [0.1, 0.15) is 22.3 Å². The molecule has 116 valence electrons. The minimum absolute atomic E-state index is 0.0833. The largest absolute Gasteiger partial charge is 0.308 e. The van der Waals surface area contributed by atoms with Crippen LogP contribution in [0.15, 0.2) is 47.3 Å². The van der Waals surface area contributed by atoms with Crippen LogP contribution in [0.3, 0.4) is 0 Å². The molecule has 4 nitrogen and oxygen atoms in total. The summed E-state index contributed by atoms with van der Waals surface area (Å²) in [6, 6.07) is 8.19. The van der Waals surface area contributed by atoms with Crippen LogP contribution in [0.25, 0.3) is 5.65 Å². The minimum Gasteiger partial charge on any atom is -0.308 e. The minimum atomic E-state index is -0.262. The Morgan fingerprint density at radius 2 is 2.13 bits per heavy atom. The van der Waals surface area contributed by atoms with Gasteiger partial charge in [0.05, 0.1) is 11.8 Å². The Hall–Kier alpha value is -2.21. The second-order valence-corrected chi connectivity index (χ2v) is 6.37. The van der Waals surface area contributed by atoms with E-state index in [9.17, 15) is 9.18 Å². The number of amides is 1. The molecule has 3 aromatic rings. The van der Waals surface area contributed by atoms with E-state index in [-0.39, 0.29) is 11.7 Å². The first kappa shape index (κ1) is 14.4. The predicted molar refractivity (Wildman–Crippen MR) is 89.3 cm³/mol. The molecule has 1 aromatic carbocycles. The number of hydrogen-bond donors (Lipinski definition) is 0. The first-order chi connectivity index (χ1) is 11.1. The molecule has 0 N–H and O–H groups in total. The smallest absolute Gasteiger partial charge is 0.259 e. The fraction of sp³-hybridized carbons (Fsp3) is 0.176. The zero-order valence-electron chi connectivity index (χ0n) is 12.2. The maximum atomic E-state index is 13.4. The van der Waals surface area contributed by atoms with E-state index in [2.05, 4.69) is 20.9 Å². The summed E-state index contributed by atoms with van der Waals surface area (Å²) in [5.41, 5.74) is 3.03. The lowest BCUT2D eigenvalue weighted by Gasteiger charge is -2.29. The third-order valence-corrected chi connectivity index (χ3v) is 4.70. The molecular weight excluding hydrogens is 361 g/mol. The number of imidazole rings is 1. The monoisotopic (exact) mass is 373 g/mol. The van der Waals surface area contributed by atoms with Crippen LogP contribution < -0.4 is 4.90 Å². The molecule has 1 amide bonds. The van der Waals surface area contributed by atoms with E-state index >= 15 is 0 Å². The number of aromatic nitrogens is 2. The van der Waals surface area contributed by atoms with E-state index < -0.39 is 0 Å². The maximum Gasteiger partial charge on any atom is 0.259 e.